The number of rotatable bonds is 3. The second-order valence-electron chi connectivity index (χ2n) is 5.04. The van der Waals surface area contributed by atoms with Gasteiger partial charge in [0.15, 0.2) is 5.58 Å². The Labute approximate surface area is 143 Å². The summed E-state index contributed by atoms with van der Waals surface area (Å²) in [5.41, 5.74) is 0.116. The minimum absolute atomic E-state index is 0.0510. The fourth-order valence-corrected chi connectivity index (χ4v) is 2.60. The fraction of sp³-hybridized carbons (Fsp3) is 0.0526. The van der Waals surface area contributed by atoms with Crippen molar-refractivity contribution in [2.75, 3.05) is 11.4 Å². The Morgan fingerprint density at radius 3 is 2.62 bits per heavy atom. The number of amides is 1. The largest absolute Gasteiger partial charge is 0.420 e. The normalized spacial score (nSPS) is 10.3. The van der Waals surface area contributed by atoms with Gasteiger partial charge in [-0.1, -0.05) is 47.9 Å². The van der Waals surface area contributed by atoms with Gasteiger partial charge in [-0.15, -0.1) is 6.42 Å². The number of terminal acetylenes is 1. The molecular formula is C19H12ClNO3. The molecule has 3 rings (SSSR count). The third kappa shape index (κ3) is 2.90. The van der Waals surface area contributed by atoms with Crippen molar-refractivity contribution in [3.05, 3.63) is 75.6 Å². The minimum atomic E-state index is -0.671. The summed E-state index contributed by atoms with van der Waals surface area (Å²) >= 11 is 6.04. The topological polar surface area (TPSA) is 50.5 Å². The molecule has 0 bridgehead atoms. The van der Waals surface area contributed by atoms with Gasteiger partial charge in [0.1, 0.15) is 5.69 Å². The maximum absolute atomic E-state index is 12.7. The summed E-state index contributed by atoms with van der Waals surface area (Å²) in [5.74, 6) is 2.03. The van der Waals surface area contributed by atoms with Gasteiger partial charge in [0.2, 0.25) is 0 Å². The molecule has 2 aromatic carbocycles. The van der Waals surface area contributed by atoms with Gasteiger partial charge in [-0.2, -0.15) is 0 Å². The molecule has 0 saturated carbocycles. The van der Waals surface area contributed by atoms with Crippen LogP contribution in [0.1, 0.15) is 10.4 Å². The van der Waals surface area contributed by atoms with E-state index in [9.17, 15) is 9.59 Å². The van der Waals surface area contributed by atoms with Crippen molar-refractivity contribution >= 4 is 34.2 Å². The molecule has 1 amide bonds. The zero-order valence-electron chi connectivity index (χ0n) is 12.5. The Balaban J connectivity index is 2.14. The highest BCUT2D eigenvalue weighted by atomic mass is 35.5. The van der Waals surface area contributed by atoms with Crippen LogP contribution < -0.4 is 10.5 Å². The van der Waals surface area contributed by atoms with Crippen molar-refractivity contribution in [2.24, 2.45) is 0 Å². The smallest absolute Gasteiger partial charge is 0.360 e. The van der Waals surface area contributed by atoms with E-state index < -0.39 is 5.63 Å². The number of para-hydroxylation sites is 1. The van der Waals surface area contributed by atoms with Crippen molar-refractivity contribution in [1.82, 2.24) is 0 Å². The zero-order chi connectivity index (χ0) is 17.1. The van der Waals surface area contributed by atoms with E-state index in [0.717, 1.165) is 0 Å². The molecule has 0 N–H and O–H groups in total. The molecule has 0 aliphatic rings. The Bertz CT molecular complexity index is 1000. The predicted molar refractivity (Wildman–Crippen MR) is 94.4 cm³/mol. The van der Waals surface area contributed by atoms with Crippen LogP contribution in [0.4, 0.5) is 5.69 Å². The van der Waals surface area contributed by atoms with Gasteiger partial charge in [0, 0.05) is 10.9 Å². The van der Waals surface area contributed by atoms with E-state index in [0.29, 0.717) is 16.0 Å². The number of hydrogen-bond donors (Lipinski definition) is 0. The molecule has 3 aromatic rings. The Morgan fingerprint density at radius 1 is 1.17 bits per heavy atom. The van der Waals surface area contributed by atoms with Crippen LogP contribution in [0.3, 0.4) is 0 Å². The average Bonchev–Trinajstić information content (AvgIpc) is 2.60. The van der Waals surface area contributed by atoms with Crippen LogP contribution in [0.5, 0.6) is 0 Å². The van der Waals surface area contributed by atoms with Crippen molar-refractivity contribution in [3.63, 3.8) is 0 Å². The Kier molecular flexibility index (Phi) is 4.37. The van der Waals surface area contributed by atoms with E-state index in [-0.39, 0.29) is 23.7 Å². The van der Waals surface area contributed by atoms with E-state index in [1.807, 2.05) is 0 Å². The highest BCUT2D eigenvalue weighted by molar-refractivity contribution is 6.34. The van der Waals surface area contributed by atoms with Gasteiger partial charge in [-0.05, 0) is 24.3 Å². The van der Waals surface area contributed by atoms with Crippen LogP contribution in [-0.4, -0.2) is 12.5 Å². The molecule has 1 heterocycles. The zero-order valence-corrected chi connectivity index (χ0v) is 13.3. The second kappa shape index (κ2) is 6.61. The van der Waals surface area contributed by atoms with Gasteiger partial charge in [0.25, 0.3) is 5.91 Å². The number of nitrogens with zero attached hydrogens (tertiary/aromatic N) is 1. The lowest BCUT2D eigenvalue weighted by molar-refractivity contribution is 0.0989. The third-order valence-electron chi connectivity index (χ3n) is 3.50. The first-order valence-corrected chi connectivity index (χ1v) is 7.52. The van der Waals surface area contributed by atoms with Gasteiger partial charge in [-0.3, -0.25) is 9.69 Å². The molecule has 0 fully saturated rings. The number of hydrogen-bond acceptors (Lipinski definition) is 3. The number of halogens is 1. The lowest BCUT2D eigenvalue weighted by Gasteiger charge is -2.19. The van der Waals surface area contributed by atoms with Gasteiger partial charge in [-0.25, -0.2) is 4.79 Å². The first-order valence-electron chi connectivity index (χ1n) is 7.14. The van der Waals surface area contributed by atoms with Crippen molar-refractivity contribution < 1.29 is 9.21 Å². The van der Waals surface area contributed by atoms with Crippen LogP contribution in [0.15, 0.2) is 63.8 Å². The molecule has 0 aliphatic carbocycles. The number of carbonyl (C=O) groups excluding carboxylic acids is 1. The second-order valence-corrected chi connectivity index (χ2v) is 5.45. The van der Waals surface area contributed by atoms with Gasteiger partial charge >= 0.3 is 5.63 Å². The Hall–Kier alpha value is -3.03. The van der Waals surface area contributed by atoms with Crippen LogP contribution in [0, 0.1) is 12.3 Å². The van der Waals surface area contributed by atoms with Crippen LogP contribution in [0.25, 0.3) is 11.0 Å². The summed E-state index contributed by atoms with van der Waals surface area (Å²) in [6.45, 7) is -0.0510. The monoisotopic (exact) mass is 337 g/mol. The predicted octanol–water partition coefficient (Wildman–Crippen LogP) is 3.73. The molecule has 0 unspecified atom stereocenters. The summed E-state index contributed by atoms with van der Waals surface area (Å²) in [6.07, 6.45) is 5.37. The molecule has 5 heteroatoms. The number of anilines is 1. The summed E-state index contributed by atoms with van der Waals surface area (Å²) in [4.78, 5) is 26.3. The minimum Gasteiger partial charge on any atom is -0.420 e. The summed E-state index contributed by atoms with van der Waals surface area (Å²) < 4.78 is 5.29. The summed E-state index contributed by atoms with van der Waals surface area (Å²) in [5, 5.41) is 0.939. The quantitative estimate of drug-likeness (QED) is 0.540. The molecule has 24 heavy (non-hydrogen) atoms. The molecule has 0 radical (unpaired) electrons. The highest BCUT2D eigenvalue weighted by Crippen LogP contribution is 2.25. The maximum atomic E-state index is 12.7. The lowest BCUT2D eigenvalue weighted by atomic mass is 10.1. The van der Waals surface area contributed by atoms with Crippen LogP contribution in [-0.2, 0) is 0 Å². The number of carbonyl (C=O) groups is 1. The van der Waals surface area contributed by atoms with Gasteiger partial charge < -0.3 is 4.42 Å². The SMILES string of the molecule is C#CCN(C(=O)c1ccccc1)c1cc2cccc(Cl)c2oc1=O. The molecular weight excluding hydrogens is 326 g/mol. The fourth-order valence-electron chi connectivity index (χ4n) is 2.38. The number of benzene rings is 2. The van der Waals surface area contributed by atoms with Gasteiger partial charge in [0.05, 0.1) is 11.6 Å². The number of fused-ring (bicyclic) bond motifs is 1. The molecule has 0 spiro atoms. The van der Waals surface area contributed by atoms with Crippen LogP contribution >= 0.6 is 11.6 Å². The third-order valence-corrected chi connectivity index (χ3v) is 3.80. The first-order chi connectivity index (χ1) is 11.6. The van der Waals surface area contributed by atoms with E-state index >= 15 is 0 Å². The Morgan fingerprint density at radius 2 is 1.92 bits per heavy atom. The van der Waals surface area contributed by atoms with E-state index in [1.165, 1.54) is 4.90 Å². The van der Waals surface area contributed by atoms with Crippen LogP contribution in [0.2, 0.25) is 5.02 Å². The van der Waals surface area contributed by atoms with E-state index in [1.54, 1.807) is 54.6 Å². The standard InChI is InChI=1S/C19H12ClNO3/c1-2-11-21(18(22)13-7-4-3-5-8-13)16-12-14-9-6-10-15(20)17(14)24-19(16)23/h1,3-10,12H,11H2. The lowest BCUT2D eigenvalue weighted by Crippen LogP contribution is -2.34. The molecule has 4 nitrogen and oxygen atoms in total. The van der Waals surface area contributed by atoms with Crippen molar-refractivity contribution in [3.8, 4) is 12.3 Å². The van der Waals surface area contributed by atoms with Crippen molar-refractivity contribution in [1.29, 1.82) is 0 Å². The first kappa shape index (κ1) is 15.9. The highest BCUT2D eigenvalue weighted by Gasteiger charge is 2.21. The summed E-state index contributed by atoms with van der Waals surface area (Å²) in [6, 6.07) is 15.3. The maximum Gasteiger partial charge on any atom is 0.360 e. The van der Waals surface area contributed by atoms with Crippen molar-refractivity contribution in [2.45, 2.75) is 0 Å². The van der Waals surface area contributed by atoms with E-state index in [2.05, 4.69) is 5.92 Å². The van der Waals surface area contributed by atoms with E-state index in [4.69, 9.17) is 22.4 Å². The molecule has 0 aliphatic heterocycles. The molecule has 0 atom stereocenters. The molecule has 118 valence electrons. The molecule has 0 saturated heterocycles. The molecule has 1 aromatic heterocycles. The summed E-state index contributed by atoms with van der Waals surface area (Å²) in [7, 11) is 0. The average molecular weight is 338 g/mol.